The first-order valence-corrected chi connectivity index (χ1v) is 8.43. The van der Waals surface area contributed by atoms with Gasteiger partial charge in [0, 0.05) is 37.8 Å². The Hall–Kier alpha value is -1.62. The smallest absolute Gasteiger partial charge is 0.399 e. The average Bonchev–Trinajstić information content (AvgIpc) is 2.76. The number of likely N-dealkylation sites (N-methyl/N-ethyl adjacent to an activating group) is 1. The second-order valence-corrected chi connectivity index (χ2v) is 7.63. The molecule has 0 aliphatic carbocycles. The number of nitriles is 1. The molecule has 2 saturated heterocycles. The van der Waals surface area contributed by atoms with Crippen molar-refractivity contribution in [1.82, 2.24) is 9.88 Å². The van der Waals surface area contributed by atoms with Crippen molar-refractivity contribution in [3.05, 3.63) is 17.8 Å². The summed E-state index contributed by atoms with van der Waals surface area (Å²) in [6, 6.07) is 4.13. The van der Waals surface area contributed by atoms with Gasteiger partial charge in [0.1, 0.15) is 11.9 Å². The zero-order chi connectivity index (χ0) is 17.5. The SMILES string of the molecule is CN1CCN(c2ncc(B3OC(C)(C)C(C)(C)O3)cc2C#N)CC1. The van der Waals surface area contributed by atoms with Crippen molar-refractivity contribution < 1.29 is 9.31 Å². The second kappa shape index (κ2) is 6.03. The third-order valence-electron chi connectivity index (χ3n) is 5.34. The highest BCUT2D eigenvalue weighted by molar-refractivity contribution is 6.62. The fourth-order valence-electron chi connectivity index (χ4n) is 2.93. The van der Waals surface area contributed by atoms with Crippen molar-refractivity contribution in [3.63, 3.8) is 0 Å². The quantitative estimate of drug-likeness (QED) is 0.755. The maximum absolute atomic E-state index is 9.56. The summed E-state index contributed by atoms with van der Waals surface area (Å²) in [7, 11) is 1.62. The Balaban J connectivity index is 1.84. The van der Waals surface area contributed by atoms with Crippen LogP contribution in [0.1, 0.15) is 33.3 Å². The first-order valence-electron chi connectivity index (χ1n) is 8.43. The van der Waals surface area contributed by atoms with Crippen LogP contribution in [0.25, 0.3) is 0 Å². The van der Waals surface area contributed by atoms with E-state index in [4.69, 9.17) is 9.31 Å². The van der Waals surface area contributed by atoms with E-state index in [9.17, 15) is 5.26 Å². The van der Waals surface area contributed by atoms with Crippen LogP contribution in [0.5, 0.6) is 0 Å². The third-order valence-corrected chi connectivity index (χ3v) is 5.34. The largest absolute Gasteiger partial charge is 0.496 e. The molecule has 0 saturated carbocycles. The van der Waals surface area contributed by atoms with Gasteiger partial charge in [0.15, 0.2) is 0 Å². The number of piperazine rings is 1. The molecule has 128 valence electrons. The Morgan fingerprint density at radius 2 is 1.71 bits per heavy atom. The van der Waals surface area contributed by atoms with Crippen LogP contribution in [0.4, 0.5) is 5.82 Å². The molecule has 2 aliphatic heterocycles. The minimum Gasteiger partial charge on any atom is -0.399 e. The third kappa shape index (κ3) is 3.02. The fraction of sp³-hybridized carbons (Fsp3) is 0.647. The van der Waals surface area contributed by atoms with Crippen LogP contribution in [-0.4, -0.2) is 61.4 Å². The Bertz CT molecular complexity index is 647. The molecular weight excluding hydrogens is 303 g/mol. The van der Waals surface area contributed by atoms with Crippen molar-refractivity contribution in [1.29, 1.82) is 5.26 Å². The minimum absolute atomic E-state index is 0.402. The van der Waals surface area contributed by atoms with Gasteiger partial charge in [-0.25, -0.2) is 4.98 Å². The van der Waals surface area contributed by atoms with E-state index >= 15 is 0 Å². The van der Waals surface area contributed by atoms with Crippen LogP contribution < -0.4 is 10.4 Å². The molecule has 0 amide bonds. The average molecular weight is 328 g/mol. The van der Waals surface area contributed by atoms with Crippen LogP contribution >= 0.6 is 0 Å². The molecule has 3 rings (SSSR count). The van der Waals surface area contributed by atoms with Crippen LogP contribution in [-0.2, 0) is 9.31 Å². The Morgan fingerprint density at radius 1 is 1.12 bits per heavy atom. The van der Waals surface area contributed by atoms with E-state index in [0.717, 1.165) is 37.5 Å². The molecule has 2 aliphatic rings. The summed E-state index contributed by atoms with van der Waals surface area (Å²) in [6.45, 7) is 11.8. The van der Waals surface area contributed by atoms with Gasteiger partial charge in [-0.1, -0.05) is 0 Å². The highest BCUT2D eigenvalue weighted by atomic mass is 16.7. The molecule has 1 aromatic rings. The summed E-state index contributed by atoms with van der Waals surface area (Å²) < 4.78 is 12.1. The standard InChI is InChI=1S/C17H25BN4O2/c1-16(2)17(3,4)24-18(23-16)14-10-13(11-19)15(20-12-14)22-8-6-21(5)7-9-22/h10,12H,6-9H2,1-5H3. The zero-order valence-electron chi connectivity index (χ0n) is 15.2. The number of hydrogen-bond donors (Lipinski definition) is 0. The van der Waals surface area contributed by atoms with E-state index in [0.29, 0.717) is 5.56 Å². The van der Waals surface area contributed by atoms with Crippen molar-refractivity contribution >= 4 is 18.4 Å². The van der Waals surface area contributed by atoms with Gasteiger partial charge in [0.25, 0.3) is 0 Å². The molecule has 24 heavy (non-hydrogen) atoms. The lowest BCUT2D eigenvalue weighted by Gasteiger charge is -2.33. The monoisotopic (exact) mass is 328 g/mol. The molecule has 0 unspecified atom stereocenters. The topological polar surface area (TPSA) is 61.6 Å². The molecule has 7 heteroatoms. The molecule has 0 radical (unpaired) electrons. The van der Waals surface area contributed by atoms with E-state index in [2.05, 4.69) is 27.9 Å². The number of rotatable bonds is 2. The second-order valence-electron chi connectivity index (χ2n) is 7.63. The van der Waals surface area contributed by atoms with Gasteiger partial charge in [-0.3, -0.25) is 0 Å². The molecule has 0 N–H and O–H groups in total. The number of anilines is 1. The summed E-state index contributed by atoms with van der Waals surface area (Å²) in [5.74, 6) is 0.755. The number of nitrogens with zero attached hydrogens (tertiary/aromatic N) is 4. The van der Waals surface area contributed by atoms with Crippen LogP contribution in [0.15, 0.2) is 12.3 Å². The lowest BCUT2D eigenvalue weighted by molar-refractivity contribution is 0.00578. The lowest BCUT2D eigenvalue weighted by Crippen LogP contribution is -2.45. The minimum atomic E-state index is -0.490. The molecule has 3 heterocycles. The van der Waals surface area contributed by atoms with E-state index in [-0.39, 0.29) is 0 Å². The number of pyridine rings is 1. The fourth-order valence-corrected chi connectivity index (χ4v) is 2.93. The molecular formula is C17H25BN4O2. The van der Waals surface area contributed by atoms with Crippen molar-refractivity contribution in [2.45, 2.75) is 38.9 Å². The highest BCUT2D eigenvalue weighted by Gasteiger charge is 2.52. The van der Waals surface area contributed by atoms with Gasteiger partial charge in [0.2, 0.25) is 0 Å². The molecule has 1 aromatic heterocycles. The Labute approximate surface area is 144 Å². The van der Waals surface area contributed by atoms with Crippen molar-refractivity contribution in [2.75, 3.05) is 38.1 Å². The van der Waals surface area contributed by atoms with Gasteiger partial charge in [0.05, 0.1) is 16.8 Å². The molecule has 0 spiro atoms. The summed E-state index contributed by atoms with van der Waals surface area (Å²) in [5.41, 5.74) is 0.566. The van der Waals surface area contributed by atoms with E-state index in [1.807, 2.05) is 33.8 Å². The summed E-state index contributed by atoms with van der Waals surface area (Å²) in [5, 5.41) is 9.56. The molecule has 0 atom stereocenters. The molecule has 0 aromatic carbocycles. The number of hydrogen-bond acceptors (Lipinski definition) is 6. The summed E-state index contributed by atoms with van der Waals surface area (Å²) >= 11 is 0. The van der Waals surface area contributed by atoms with Crippen LogP contribution in [0.3, 0.4) is 0 Å². The van der Waals surface area contributed by atoms with Crippen molar-refractivity contribution in [2.24, 2.45) is 0 Å². The molecule has 6 nitrogen and oxygen atoms in total. The Morgan fingerprint density at radius 3 is 2.25 bits per heavy atom. The Kier molecular flexibility index (Phi) is 4.33. The van der Waals surface area contributed by atoms with Gasteiger partial charge in [-0.15, -0.1) is 0 Å². The molecule has 2 fully saturated rings. The van der Waals surface area contributed by atoms with E-state index < -0.39 is 18.3 Å². The molecule has 0 bridgehead atoms. The van der Waals surface area contributed by atoms with Gasteiger partial charge in [-0.2, -0.15) is 5.26 Å². The first kappa shape index (κ1) is 17.2. The van der Waals surface area contributed by atoms with E-state index in [1.165, 1.54) is 0 Å². The first-order chi connectivity index (χ1) is 11.2. The van der Waals surface area contributed by atoms with Crippen molar-refractivity contribution in [3.8, 4) is 6.07 Å². The summed E-state index contributed by atoms with van der Waals surface area (Å²) in [4.78, 5) is 9.02. The predicted octanol–water partition coefficient (Wildman–Crippen LogP) is 1.00. The lowest BCUT2D eigenvalue weighted by atomic mass is 9.79. The maximum atomic E-state index is 9.56. The van der Waals surface area contributed by atoms with Crippen LogP contribution in [0, 0.1) is 11.3 Å². The normalized spacial score (nSPS) is 23.3. The predicted molar refractivity (Wildman–Crippen MR) is 94.4 cm³/mol. The summed E-state index contributed by atoms with van der Waals surface area (Å²) in [6.07, 6.45) is 1.77. The maximum Gasteiger partial charge on any atom is 0.496 e. The van der Waals surface area contributed by atoms with Gasteiger partial charge in [-0.05, 0) is 40.8 Å². The zero-order valence-corrected chi connectivity index (χ0v) is 15.2. The number of aromatic nitrogens is 1. The highest BCUT2D eigenvalue weighted by Crippen LogP contribution is 2.36. The van der Waals surface area contributed by atoms with Gasteiger partial charge < -0.3 is 19.1 Å². The van der Waals surface area contributed by atoms with E-state index in [1.54, 1.807) is 6.20 Å². The van der Waals surface area contributed by atoms with Gasteiger partial charge >= 0.3 is 7.12 Å². The van der Waals surface area contributed by atoms with Crippen LogP contribution in [0.2, 0.25) is 0 Å².